The molecule has 5 heterocycles. The Morgan fingerprint density at radius 3 is 2.74 bits per heavy atom. The second-order valence-electron chi connectivity index (χ2n) is 9.85. The average Bonchev–Trinajstić information content (AvgIpc) is 3.60. The number of pyridine rings is 2. The van der Waals surface area contributed by atoms with Gasteiger partial charge in [0.05, 0.1) is 37.0 Å². The Morgan fingerprint density at radius 2 is 1.97 bits per heavy atom. The van der Waals surface area contributed by atoms with E-state index in [4.69, 9.17) is 9.72 Å². The van der Waals surface area contributed by atoms with Crippen LogP contribution in [-0.4, -0.2) is 73.9 Å². The number of amides is 1. The number of morpholine rings is 1. The van der Waals surface area contributed by atoms with Gasteiger partial charge < -0.3 is 19.9 Å². The zero-order chi connectivity index (χ0) is 26.2. The van der Waals surface area contributed by atoms with Gasteiger partial charge in [-0.3, -0.25) is 9.69 Å². The number of ether oxygens (including phenoxy) is 1. The van der Waals surface area contributed by atoms with Crippen LogP contribution in [0.1, 0.15) is 30.4 Å². The van der Waals surface area contributed by atoms with Gasteiger partial charge in [0.25, 0.3) is 0 Å². The Hall–Kier alpha value is -4.14. The summed E-state index contributed by atoms with van der Waals surface area (Å²) in [5.41, 5.74) is 3.70. The molecule has 2 N–H and O–H groups in total. The van der Waals surface area contributed by atoms with Gasteiger partial charge in [0, 0.05) is 44.7 Å². The van der Waals surface area contributed by atoms with Crippen LogP contribution < -0.4 is 10.6 Å². The highest BCUT2D eigenvalue weighted by atomic mass is 16.5. The Morgan fingerprint density at radius 1 is 1.16 bits per heavy atom. The normalized spacial score (nSPS) is 19.2. The zero-order valence-electron chi connectivity index (χ0n) is 21.7. The van der Waals surface area contributed by atoms with Crippen LogP contribution >= 0.6 is 0 Å². The number of aryl methyl sites for hydroxylation is 1. The maximum absolute atomic E-state index is 12.4. The third kappa shape index (κ3) is 4.76. The summed E-state index contributed by atoms with van der Waals surface area (Å²) in [6.45, 7) is 6.15. The van der Waals surface area contributed by atoms with E-state index in [0.717, 1.165) is 61.5 Å². The Bertz CT molecular complexity index is 1600. The number of rotatable bonds is 5. The summed E-state index contributed by atoms with van der Waals surface area (Å²) in [4.78, 5) is 28.5. The molecular weight excluding hydrogens is 482 g/mol. The number of carbonyl (C=O) groups excluding carboxylic acids is 1. The maximum Gasteiger partial charge on any atom is 0.228 e. The number of imidazole rings is 1. The van der Waals surface area contributed by atoms with Gasteiger partial charge in [-0.25, -0.2) is 15.0 Å². The largest absolute Gasteiger partial charge is 0.379 e. The molecule has 0 unspecified atom stereocenters. The number of carbonyl (C=O) groups is 1. The van der Waals surface area contributed by atoms with Gasteiger partial charge in [0.1, 0.15) is 22.6 Å². The van der Waals surface area contributed by atoms with Crippen LogP contribution in [0.5, 0.6) is 0 Å². The van der Waals surface area contributed by atoms with Gasteiger partial charge >= 0.3 is 0 Å². The molecule has 2 atom stereocenters. The smallest absolute Gasteiger partial charge is 0.228 e. The van der Waals surface area contributed by atoms with Crippen LogP contribution in [-0.2, 0) is 23.1 Å². The molecule has 0 aromatic carbocycles. The Balaban J connectivity index is 1.30. The SMILES string of the molecule is CNc1ncc(C#Cc2cc3c(cn2)nc(CN2CCOCC2)n3C)c2cc(NC(=O)[C@H]3C[C@H]3C)nnc12. The first-order chi connectivity index (χ1) is 18.5. The van der Waals surface area contributed by atoms with Crippen molar-refractivity contribution in [1.29, 1.82) is 0 Å². The molecule has 194 valence electrons. The molecule has 11 nitrogen and oxygen atoms in total. The van der Waals surface area contributed by atoms with E-state index in [1.54, 1.807) is 25.5 Å². The molecule has 38 heavy (non-hydrogen) atoms. The second-order valence-corrected chi connectivity index (χ2v) is 9.85. The number of aromatic nitrogens is 6. The van der Waals surface area contributed by atoms with Crippen molar-refractivity contribution in [2.75, 3.05) is 44.0 Å². The molecule has 2 aliphatic rings. The van der Waals surface area contributed by atoms with Crippen molar-refractivity contribution in [3.05, 3.63) is 41.6 Å². The summed E-state index contributed by atoms with van der Waals surface area (Å²) in [5.74, 6) is 8.77. The van der Waals surface area contributed by atoms with Crippen LogP contribution in [0.2, 0.25) is 0 Å². The summed E-state index contributed by atoms with van der Waals surface area (Å²) in [6, 6.07) is 3.76. The highest BCUT2D eigenvalue weighted by Crippen LogP contribution is 2.38. The summed E-state index contributed by atoms with van der Waals surface area (Å²) in [7, 11) is 3.80. The number of fused-ring (bicyclic) bond motifs is 2. The van der Waals surface area contributed by atoms with Gasteiger partial charge in [0.2, 0.25) is 5.91 Å². The fourth-order valence-corrected chi connectivity index (χ4v) is 4.73. The predicted octanol–water partition coefficient (Wildman–Crippen LogP) is 2.17. The first kappa shape index (κ1) is 24.2. The van der Waals surface area contributed by atoms with E-state index >= 15 is 0 Å². The molecule has 1 aliphatic carbocycles. The minimum Gasteiger partial charge on any atom is -0.379 e. The summed E-state index contributed by atoms with van der Waals surface area (Å²) < 4.78 is 7.56. The molecule has 6 rings (SSSR count). The Labute approximate surface area is 220 Å². The molecule has 0 radical (unpaired) electrons. The lowest BCUT2D eigenvalue weighted by Gasteiger charge is -2.26. The van der Waals surface area contributed by atoms with Crippen LogP contribution in [0.4, 0.5) is 11.6 Å². The zero-order valence-corrected chi connectivity index (χ0v) is 21.7. The highest BCUT2D eigenvalue weighted by Gasteiger charge is 2.39. The van der Waals surface area contributed by atoms with Crippen molar-refractivity contribution in [2.45, 2.75) is 19.9 Å². The number of nitrogens with one attached hydrogen (secondary N) is 2. The van der Waals surface area contributed by atoms with Crippen molar-refractivity contribution >= 4 is 39.5 Å². The van der Waals surface area contributed by atoms with E-state index < -0.39 is 0 Å². The van der Waals surface area contributed by atoms with Gasteiger partial charge in [-0.2, -0.15) is 0 Å². The lowest BCUT2D eigenvalue weighted by atomic mass is 10.1. The number of nitrogens with zero attached hydrogens (tertiary/aromatic N) is 7. The monoisotopic (exact) mass is 511 g/mol. The lowest BCUT2D eigenvalue weighted by Crippen LogP contribution is -2.36. The molecule has 1 saturated carbocycles. The van der Waals surface area contributed by atoms with Crippen LogP contribution in [0.15, 0.2) is 24.5 Å². The van der Waals surface area contributed by atoms with Crippen molar-refractivity contribution in [1.82, 2.24) is 34.6 Å². The van der Waals surface area contributed by atoms with E-state index in [-0.39, 0.29) is 11.8 Å². The molecule has 1 aliphatic heterocycles. The third-order valence-corrected chi connectivity index (χ3v) is 7.22. The van der Waals surface area contributed by atoms with E-state index in [1.807, 2.05) is 13.1 Å². The number of anilines is 2. The third-order valence-electron chi connectivity index (χ3n) is 7.22. The average molecular weight is 512 g/mol. The topological polar surface area (TPSA) is 123 Å². The highest BCUT2D eigenvalue weighted by molar-refractivity contribution is 5.97. The van der Waals surface area contributed by atoms with Crippen molar-refractivity contribution < 1.29 is 9.53 Å². The summed E-state index contributed by atoms with van der Waals surface area (Å²) in [5, 5.41) is 15.2. The van der Waals surface area contributed by atoms with Crippen molar-refractivity contribution in [2.24, 2.45) is 18.9 Å². The minimum absolute atomic E-state index is 0.0247. The molecule has 0 spiro atoms. The van der Waals surface area contributed by atoms with Crippen LogP contribution in [0.25, 0.3) is 21.9 Å². The molecule has 2 fully saturated rings. The van der Waals surface area contributed by atoms with Gasteiger partial charge in [0.15, 0.2) is 11.6 Å². The van der Waals surface area contributed by atoms with Gasteiger partial charge in [-0.1, -0.05) is 12.8 Å². The van der Waals surface area contributed by atoms with Crippen LogP contribution in [0.3, 0.4) is 0 Å². The van der Waals surface area contributed by atoms with Crippen molar-refractivity contribution in [3.63, 3.8) is 0 Å². The molecule has 4 aromatic heterocycles. The fraction of sp³-hybridized carbons (Fsp3) is 0.407. The standard InChI is InChI=1S/C27H29N9O2/c1-16-10-19(16)27(37)32-23-12-20-17(13-30-26(28-2)25(20)34-33-23)4-5-18-11-22-21(14-29-18)31-24(35(22)3)15-36-6-8-38-9-7-36/h11-14,16,19H,6-10,15H2,1-3H3,(H,28,30)(H,32,33,37)/t16-,19+/m1/s1. The quantitative estimate of drug-likeness (QED) is 0.388. The molecule has 0 bridgehead atoms. The van der Waals surface area contributed by atoms with E-state index in [1.165, 1.54) is 0 Å². The summed E-state index contributed by atoms with van der Waals surface area (Å²) in [6.07, 6.45) is 4.36. The van der Waals surface area contributed by atoms with E-state index in [9.17, 15) is 4.79 Å². The van der Waals surface area contributed by atoms with E-state index in [2.05, 4.69) is 59.0 Å². The van der Waals surface area contributed by atoms with Crippen molar-refractivity contribution in [3.8, 4) is 11.8 Å². The molecule has 11 heteroatoms. The first-order valence-corrected chi connectivity index (χ1v) is 12.8. The summed E-state index contributed by atoms with van der Waals surface area (Å²) >= 11 is 0. The minimum atomic E-state index is -0.0247. The fourth-order valence-electron chi connectivity index (χ4n) is 4.73. The molecule has 1 amide bonds. The van der Waals surface area contributed by atoms with Gasteiger partial charge in [-0.05, 0) is 30.4 Å². The van der Waals surface area contributed by atoms with Crippen LogP contribution in [0, 0.1) is 23.7 Å². The van der Waals surface area contributed by atoms with E-state index in [0.29, 0.717) is 34.3 Å². The second kappa shape index (κ2) is 9.96. The number of hydrogen-bond donors (Lipinski definition) is 2. The maximum atomic E-state index is 12.4. The number of hydrogen-bond acceptors (Lipinski definition) is 9. The lowest BCUT2D eigenvalue weighted by molar-refractivity contribution is -0.117. The molecule has 1 saturated heterocycles. The first-order valence-electron chi connectivity index (χ1n) is 12.8. The predicted molar refractivity (Wildman–Crippen MR) is 143 cm³/mol. The Kier molecular flexibility index (Phi) is 6.35. The van der Waals surface area contributed by atoms with Gasteiger partial charge in [-0.15, -0.1) is 10.2 Å². The molecule has 4 aromatic rings. The molecular formula is C27H29N9O2.